The van der Waals surface area contributed by atoms with Crippen molar-refractivity contribution >= 4 is 17.6 Å². The van der Waals surface area contributed by atoms with Crippen molar-refractivity contribution in [1.29, 1.82) is 0 Å². The highest BCUT2D eigenvalue weighted by atomic mass is 19.4. The normalized spacial score (nSPS) is 17.5. The molecule has 1 aliphatic heterocycles. The molecule has 1 aliphatic rings. The highest BCUT2D eigenvalue weighted by molar-refractivity contribution is 5.93. The molecule has 10 heteroatoms. The predicted molar refractivity (Wildman–Crippen MR) is 87.7 cm³/mol. The largest absolute Gasteiger partial charge is 0.478 e. The number of amides is 1. The van der Waals surface area contributed by atoms with E-state index < -0.39 is 23.4 Å². The summed E-state index contributed by atoms with van der Waals surface area (Å²) >= 11 is 0. The second kappa shape index (κ2) is 7.39. The van der Waals surface area contributed by atoms with E-state index in [4.69, 9.17) is 9.84 Å². The van der Waals surface area contributed by atoms with Gasteiger partial charge in [0.2, 0.25) is 5.91 Å². The molecule has 3 rings (SSSR count). The molecule has 2 aromatic rings. The van der Waals surface area contributed by atoms with Gasteiger partial charge in [0.25, 0.3) is 0 Å². The SMILES string of the molecule is O=C(O)c1cnn(-c2cccc(NC(=O)C3CCCOC3)c2)c1C(F)(F)F. The molecule has 1 saturated heterocycles. The molecule has 1 aromatic heterocycles. The van der Waals surface area contributed by atoms with E-state index >= 15 is 0 Å². The molecule has 27 heavy (non-hydrogen) atoms. The van der Waals surface area contributed by atoms with Crippen molar-refractivity contribution < 1.29 is 32.6 Å². The van der Waals surface area contributed by atoms with Gasteiger partial charge in [0.15, 0.2) is 5.69 Å². The Labute approximate surface area is 151 Å². The molecule has 0 bridgehead atoms. The molecular weight excluding hydrogens is 367 g/mol. The summed E-state index contributed by atoms with van der Waals surface area (Å²) in [6.07, 6.45) is -2.83. The first kappa shape index (κ1) is 18.9. The predicted octanol–water partition coefficient (Wildman–Crippen LogP) is 2.95. The van der Waals surface area contributed by atoms with Crippen LogP contribution in [0.5, 0.6) is 0 Å². The molecule has 1 unspecified atom stereocenters. The Kier molecular flexibility index (Phi) is 5.17. The lowest BCUT2D eigenvalue weighted by Crippen LogP contribution is -2.30. The highest BCUT2D eigenvalue weighted by Gasteiger charge is 2.40. The maximum Gasteiger partial charge on any atom is 0.434 e. The number of benzene rings is 1. The van der Waals surface area contributed by atoms with Crippen LogP contribution in [-0.4, -0.2) is 40.0 Å². The van der Waals surface area contributed by atoms with E-state index in [2.05, 4.69) is 10.4 Å². The number of carbonyl (C=O) groups is 2. The van der Waals surface area contributed by atoms with E-state index in [0.717, 1.165) is 6.42 Å². The summed E-state index contributed by atoms with van der Waals surface area (Å²) in [7, 11) is 0. The molecule has 1 amide bonds. The minimum atomic E-state index is -4.91. The van der Waals surface area contributed by atoms with E-state index in [1.165, 1.54) is 24.3 Å². The number of hydrogen-bond donors (Lipinski definition) is 2. The average Bonchev–Trinajstić information content (AvgIpc) is 3.08. The number of aromatic carboxylic acids is 1. The van der Waals surface area contributed by atoms with Crippen molar-refractivity contribution in [2.75, 3.05) is 18.5 Å². The number of aromatic nitrogens is 2. The second-order valence-electron chi connectivity index (χ2n) is 6.08. The first-order valence-corrected chi connectivity index (χ1v) is 8.15. The van der Waals surface area contributed by atoms with Crippen molar-refractivity contribution in [2.45, 2.75) is 19.0 Å². The van der Waals surface area contributed by atoms with Gasteiger partial charge in [-0.05, 0) is 31.0 Å². The van der Waals surface area contributed by atoms with Gasteiger partial charge in [0.1, 0.15) is 5.56 Å². The Balaban J connectivity index is 1.90. The first-order chi connectivity index (χ1) is 12.8. The van der Waals surface area contributed by atoms with Gasteiger partial charge < -0.3 is 15.2 Å². The summed E-state index contributed by atoms with van der Waals surface area (Å²) in [5.41, 5.74) is -2.08. The number of carbonyl (C=O) groups excluding carboxylic acids is 1. The van der Waals surface area contributed by atoms with Crippen LogP contribution in [-0.2, 0) is 15.7 Å². The van der Waals surface area contributed by atoms with Crippen molar-refractivity contribution in [3.8, 4) is 5.69 Å². The van der Waals surface area contributed by atoms with Crippen LogP contribution in [0.3, 0.4) is 0 Å². The molecule has 0 radical (unpaired) electrons. The number of hydrogen-bond acceptors (Lipinski definition) is 4. The second-order valence-corrected chi connectivity index (χ2v) is 6.08. The Morgan fingerprint density at radius 2 is 2.11 bits per heavy atom. The van der Waals surface area contributed by atoms with E-state index in [9.17, 15) is 22.8 Å². The smallest absolute Gasteiger partial charge is 0.434 e. The molecule has 1 fully saturated rings. The van der Waals surface area contributed by atoms with Crippen LogP contribution in [0.25, 0.3) is 5.69 Å². The van der Waals surface area contributed by atoms with Gasteiger partial charge in [-0.3, -0.25) is 4.79 Å². The standard InChI is InChI=1S/C17H16F3N3O4/c18-17(19,20)14-13(16(25)26)8-21-23(14)12-5-1-4-11(7-12)22-15(24)10-3-2-6-27-9-10/h1,4-5,7-8,10H,2-3,6,9H2,(H,22,24)(H,25,26). The number of halogens is 3. The minimum Gasteiger partial charge on any atom is -0.478 e. The van der Waals surface area contributed by atoms with Gasteiger partial charge in [0, 0.05) is 12.3 Å². The summed E-state index contributed by atoms with van der Waals surface area (Å²) in [5.74, 6) is -2.33. The molecule has 0 aliphatic carbocycles. The number of alkyl halides is 3. The molecule has 2 heterocycles. The van der Waals surface area contributed by atoms with Crippen LogP contribution in [0.1, 0.15) is 28.9 Å². The van der Waals surface area contributed by atoms with Gasteiger partial charge in [-0.2, -0.15) is 18.3 Å². The van der Waals surface area contributed by atoms with E-state index in [1.807, 2.05) is 0 Å². The zero-order valence-corrected chi connectivity index (χ0v) is 14.0. The number of rotatable bonds is 4. The number of carboxylic acid groups (broad SMARTS) is 1. The third-order valence-corrected chi connectivity index (χ3v) is 4.16. The third kappa shape index (κ3) is 4.11. The van der Waals surface area contributed by atoms with Crippen LogP contribution in [0.2, 0.25) is 0 Å². The molecule has 1 aromatic carbocycles. The summed E-state index contributed by atoms with van der Waals surface area (Å²) in [5, 5.41) is 15.2. The van der Waals surface area contributed by atoms with Crippen LogP contribution >= 0.6 is 0 Å². The topological polar surface area (TPSA) is 93.5 Å². The fourth-order valence-electron chi connectivity index (χ4n) is 2.88. The Hall–Kier alpha value is -2.88. The lowest BCUT2D eigenvalue weighted by molar-refractivity contribution is -0.143. The number of anilines is 1. The molecule has 144 valence electrons. The quantitative estimate of drug-likeness (QED) is 0.847. The molecule has 0 saturated carbocycles. The van der Waals surface area contributed by atoms with Crippen molar-refractivity contribution in [1.82, 2.24) is 9.78 Å². The van der Waals surface area contributed by atoms with E-state index in [0.29, 0.717) is 30.5 Å². The molecule has 1 atom stereocenters. The summed E-state index contributed by atoms with van der Waals surface area (Å²) in [6.45, 7) is 0.898. The zero-order valence-electron chi connectivity index (χ0n) is 14.0. The van der Waals surface area contributed by atoms with Crippen LogP contribution in [0.4, 0.5) is 18.9 Å². The zero-order chi connectivity index (χ0) is 19.6. The molecule has 0 spiro atoms. The van der Waals surface area contributed by atoms with Crippen molar-refractivity contribution in [3.05, 3.63) is 41.7 Å². The number of carboxylic acids is 1. The fourth-order valence-corrected chi connectivity index (χ4v) is 2.88. The Bertz CT molecular complexity index is 857. The number of nitrogens with zero attached hydrogens (tertiary/aromatic N) is 2. The first-order valence-electron chi connectivity index (χ1n) is 8.15. The number of nitrogens with one attached hydrogen (secondary N) is 1. The summed E-state index contributed by atoms with van der Waals surface area (Å²) in [4.78, 5) is 23.3. The van der Waals surface area contributed by atoms with E-state index in [-0.39, 0.29) is 23.2 Å². The highest BCUT2D eigenvalue weighted by Crippen LogP contribution is 2.34. The van der Waals surface area contributed by atoms with Gasteiger partial charge >= 0.3 is 12.1 Å². The molecule has 7 nitrogen and oxygen atoms in total. The van der Waals surface area contributed by atoms with Crippen molar-refractivity contribution in [3.63, 3.8) is 0 Å². The molecular formula is C17H16F3N3O4. The van der Waals surface area contributed by atoms with Gasteiger partial charge in [-0.15, -0.1) is 0 Å². The van der Waals surface area contributed by atoms with Gasteiger partial charge in [-0.25, -0.2) is 9.48 Å². The van der Waals surface area contributed by atoms with Crippen LogP contribution < -0.4 is 5.32 Å². The maximum atomic E-state index is 13.3. The lowest BCUT2D eigenvalue weighted by Gasteiger charge is -2.21. The van der Waals surface area contributed by atoms with Crippen LogP contribution in [0, 0.1) is 5.92 Å². The molecule has 2 N–H and O–H groups in total. The summed E-state index contributed by atoms with van der Waals surface area (Å²) < 4.78 is 45.8. The van der Waals surface area contributed by atoms with Gasteiger partial charge in [-0.1, -0.05) is 6.07 Å². The summed E-state index contributed by atoms with van der Waals surface area (Å²) in [6, 6.07) is 5.62. The van der Waals surface area contributed by atoms with Crippen LogP contribution in [0.15, 0.2) is 30.5 Å². The Morgan fingerprint density at radius 3 is 2.74 bits per heavy atom. The average molecular weight is 383 g/mol. The number of ether oxygens (including phenoxy) is 1. The lowest BCUT2D eigenvalue weighted by atomic mass is 10.0. The maximum absolute atomic E-state index is 13.3. The van der Waals surface area contributed by atoms with Gasteiger partial charge in [0.05, 0.1) is 24.4 Å². The Morgan fingerprint density at radius 1 is 1.33 bits per heavy atom. The fraction of sp³-hybridized carbons (Fsp3) is 0.353. The van der Waals surface area contributed by atoms with Crippen molar-refractivity contribution in [2.24, 2.45) is 5.92 Å². The third-order valence-electron chi connectivity index (χ3n) is 4.16. The minimum absolute atomic E-state index is 0.0208. The monoisotopic (exact) mass is 383 g/mol. The van der Waals surface area contributed by atoms with E-state index in [1.54, 1.807) is 0 Å².